The Labute approximate surface area is 87.3 Å². The van der Waals surface area contributed by atoms with Gasteiger partial charge in [0, 0.05) is 13.6 Å². The van der Waals surface area contributed by atoms with Gasteiger partial charge in [-0.15, -0.1) is 0 Å². The summed E-state index contributed by atoms with van der Waals surface area (Å²) < 4.78 is 25.4. The molecule has 76 valence electrons. The lowest BCUT2D eigenvalue weighted by molar-refractivity contribution is 0.487. The van der Waals surface area contributed by atoms with E-state index in [9.17, 15) is 8.78 Å². The Morgan fingerprint density at radius 2 is 2.00 bits per heavy atom. The maximum absolute atomic E-state index is 12.8. The summed E-state index contributed by atoms with van der Waals surface area (Å²) in [6, 6.07) is 3.86. The third kappa shape index (κ3) is 2.73. The van der Waals surface area contributed by atoms with Crippen molar-refractivity contribution < 1.29 is 8.78 Å². The molecule has 0 unspecified atom stereocenters. The first-order valence-corrected chi connectivity index (χ1v) is 4.57. The van der Waals surface area contributed by atoms with E-state index in [-0.39, 0.29) is 0 Å². The minimum absolute atomic E-state index is 0.493. The highest BCUT2D eigenvalue weighted by atomic mass is 32.1. The van der Waals surface area contributed by atoms with Crippen LogP contribution in [0.2, 0.25) is 0 Å². The van der Waals surface area contributed by atoms with Gasteiger partial charge in [-0.25, -0.2) is 8.78 Å². The maximum Gasteiger partial charge on any atom is 0.159 e. The molecule has 0 bridgehead atoms. The third-order valence-corrected chi connectivity index (χ3v) is 2.25. The minimum Gasteiger partial charge on any atom is -0.365 e. The van der Waals surface area contributed by atoms with Crippen LogP contribution in [0, 0.1) is 11.6 Å². The van der Waals surface area contributed by atoms with E-state index in [1.807, 2.05) is 7.05 Å². The second-order valence-corrected chi connectivity index (χ2v) is 3.71. The summed E-state index contributed by atoms with van der Waals surface area (Å²) in [6.45, 7) is 2.28. The van der Waals surface area contributed by atoms with E-state index in [1.165, 1.54) is 6.07 Å². The van der Waals surface area contributed by atoms with Gasteiger partial charge >= 0.3 is 0 Å². The number of hydrogen-bond acceptors (Lipinski definition) is 1. The van der Waals surface area contributed by atoms with Crippen molar-refractivity contribution in [3.8, 4) is 0 Å². The first-order valence-electron chi connectivity index (χ1n) is 4.16. The summed E-state index contributed by atoms with van der Waals surface area (Å²) in [6.07, 6.45) is 0. The molecular weight excluding hydrogens is 204 g/mol. The molecular formula is C10H11F2NS. The summed E-state index contributed by atoms with van der Waals surface area (Å²) in [5.74, 6) is -1.65. The fourth-order valence-corrected chi connectivity index (χ4v) is 1.09. The molecule has 1 aromatic carbocycles. The molecule has 0 atom stereocenters. The van der Waals surface area contributed by atoms with E-state index in [0.29, 0.717) is 12.1 Å². The number of benzene rings is 1. The normalized spacial score (nSPS) is 10.0. The smallest absolute Gasteiger partial charge is 0.159 e. The van der Waals surface area contributed by atoms with E-state index >= 15 is 0 Å². The van der Waals surface area contributed by atoms with Crippen molar-refractivity contribution in [2.75, 3.05) is 7.05 Å². The summed E-state index contributed by atoms with van der Waals surface area (Å²) in [5, 5.41) is 0. The van der Waals surface area contributed by atoms with Gasteiger partial charge in [-0.1, -0.05) is 18.3 Å². The van der Waals surface area contributed by atoms with E-state index in [4.69, 9.17) is 12.2 Å². The van der Waals surface area contributed by atoms with Crippen LogP contribution in [0.15, 0.2) is 18.2 Å². The number of hydrogen-bond donors (Lipinski definition) is 0. The van der Waals surface area contributed by atoms with Gasteiger partial charge in [-0.3, -0.25) is 0 Å². The van der Waals surface area contributed by atoms with Crippen molar-refractivity contribution in [1.82, 2.24) is 4.90 Å². The van der Waals surface area contributed by atoms with Crippen molar-refractivity contribution in [2.45, 2.75) is 13.5 Å². The Morgan fingerprint density at radius 1 is 1.36 bits per heavy atom. The van der Waals surface area contributed by atoms with Gasteiger partial charge in [0.05, 0.1) is 4.99 Å². The van der Waals surface area contributed by atoms with Crippen molar-refractivity contribution in [3.63, 3.8) is 0 Å². The Bertz CT molecular complexity index is 352. The van der Waals surface area contributed by atoms with Crippen LogP contribution < -0.4 is 0 Å². The molecule has 0 radical (unpaired) electrons. The van der Waals surface area contributed by atoms with Crippen LogP contribution in [0.3, 0.4) is 0 Å². The highest BCUT2D eigenvalue weighted by molar-refractivity contribution is 7.80. The quantitative estimate of drug-likeness (QED) is 0.698. The molecule has 1 rings (SSSR count). The van der Waals surface area contributed by atoms with Crippen molar-refractivity contribution in [3.05, 3.63) is 35.4 Å². The lowest BCUT2D eigenvalue weighted by atomic mass is 10.2. The van der Waals surface area contributed by atoms with Gasteiger partial charge in [-0.2, -0.15) is 0 Å². The standard InChI is InChI=1S/C10H11F2NS/c1-7(14)13(2)6-8-3-4-9(11)10(12)5-8/h3-5H,6H2,1-2H3. The van der Waals surface area contributed by atoms with Gasteiger partial charge in [0.25, 0.3) is 0 Å². The fraction of sp³-hybridized carbons (Fsp3) is 0.300. The molecule has 0 N–H and O–H groups in total. The van der Waals surface area contributed by atoms with Gasteiger partial charge in [0.15, 0.2) is 11.6 Å². The number of thiocarbonyl (C=S) groups is 1. The summed E-state index contributed by atoms with van der Waals surface area (Å²) >= 11 is 4.93. The van der Waals surface area contributed by atoms with Crippen molar-refractivity contribution >= 4 is 17.2 Å². The highest BCUT2D eigenvalue weighted by Crippen LogP contribution is 2.10. The van der Waals surface area contributed by atoms with Gasteiger partial charge in [0.2, 0.25) is 0 Å². The van der Waals surface area contributed by atoms with Crippen LogP contribution >= 0.6 is 12.2 Å². The SMILES string of the molecule is CC(=S)N(C)Cc1ccc(F)c(F)c1. The molecule has 0 aromatic heterocycles. The molecule has 0 saturated heterocycles. The lowest BCUT2D eigenvalue weighted by Gasteiger charge is -2.17. The van der Waals surface area contributed by atoms with Crippen molar-refractivity contribution in [1.29, 1.82) is 0 Å². The van der Waals surface area contributed by atoms with Crippen LogP contribution in [0.1, 0.15) is 12.5 Å². The Hall–Kier alpha value is -1.03. The van der Waals surface area contributed by atoms with Crippen LogP contribution in [0.25, 0.3) is 0 Å². The zero-order chi connectivity index (χ0) is 10.7. The first-order chi connectivity index (χ1) is 6.50. The summed E-state index contributed by atoms with van der Waals surface area (Å²) in [5.41, 5.74) is 0.704. The van der Waals surface area contributed by atoms with E-state index in [0.717, 1.165) is 11.1 Å². The van der Waals surface area contributed by atoms with Gasteiger partial charge in [0.1, 0.15) is 0 Å². The molecule has 14 heavy (non-hydrogen) atoms. The molecule has 0 fully saturated rings. The van der Waals surface area contributed by atoms with E-state index < -0.39 is 11.6 Å². The van der Waals surface area contributed by atoms with Crippen LogP contribution in [-0.4, -0.2) is 16.9 Å². The molecule has 0 amide bonds. The second-order valence-electron chi connectivity index (χ2n) is 3.12. The average molecular weight is 215 g/mol. The molecule has 0 aliphatic rings. The Morgan fingerprint density at radius 3 is 2.50 bits per heavy atom. The monoisotopic (exact) mass is 215 g/mol. The molecule has 0 aliphatic heterocycles. The van der Waals surface area contributed by atoms with Crippen LogP contribution in [0.4, 0.5) is 8.78 Å². The number of nitrogens with zero attached hydrogens (tertiary/aromatic N) is 1. The van der Waals surface area contributed by atoms with Crippen molar-refractivity contribution in [2.24, 2.45) is 0 Å². The topological polar surface area (TPSA) is 3.24 Å². The Balaban J connectivity index is 2.78. The molecule has 0 saturated carbocycles. The van der Waals surface area contributed by atoms with Crippen LogP contribution in [0.5, 0.6) is 0 Å². The maximum atomic E-state index is 12.8. The largest absolute Gasteiger partial charge is 0.365 e. The summed E-state index contributed by atoms with van der Waals surface area (Å²) in [7, 11) is 1.81. The van der Waals surface area contributed by atoms with Crippen LogP contribution in [-0.2, 0) is 6.54 Å². The van der Waals surface area contributed by atoms with Gasteiger partial charge < -0.3 is 4.90 Å². The third-order valence-electron chi connectivity index (χ3n) is 1.94. The molecule has 4 heteroatoms. The zero-order valence-electron chi connectivity index (χ0n) is 8.05. The Kier molecular flexibility index (Phi) is 3.52. The second kappa shape index (κ2) is 4.46. The molecule has 0 heterocycles. The predicted octanol–water partition coefficient (Wildman–Crippen LogP) is 2.74. The lowest BCUT2D eigenvalue weighted by Crippen LogP contribution is -2.21. The molecule has 1 aromatic rings. The van der Waals surface area contributed by atoms with E-state index in [2.05, 4.69) is 0 Å². The molecule has 0 aliphatic carbocycles. The van der Waals surface area contributed by atoms with Gasteiger partial charge in [-0.05, 0) is 24.6 Å². The van der Waals surface area contributed by atoms with E-state index in [1.54, 1.807) is 17.9 Å². The minimum atomic E-state index is -0.824. The molecule has 1 nitrogen and oxygen atoms in total. The predicted molar refractivity (Wildman–Crippen MR) is 56.1 cm³/mol. The summed E-state index contributed by atoms with van der Waals surface area (Å²) in [4.78, 5) is 2.51. The number of rotatable bonds is 2. The molecule has 0 spiro atoms. The number of halogens is 2. The highest BCUT2D eigenvalue weighted by Gasteiger charge is 2.04. The average Bonchev–Trinajstić information content (AvgIpc) is 2.11. The fourth-order valence-electron chi connectivity index (χ4n) is 1.02. The first kappa shape index (κ1) is 11.0. The zero-order valence-corrected chi connectivity index (χ0v) is 8.87.